The summed E-state index contributed by atoms with van der Waals surface area (Å²) in [5.74, 6) is 9.28. The van der Waals surface area contributed by atoms with Crippen molar-refractivity contribution in [1.29, 1.82) is 0 Å². The Kier molecular flexibility index (Phi) is 33.9. The van der Waals surface area contributed by atoms with Crippen molar-refractivity contribution in [2.75, 3.05) is 31.3 Å². The second-order valence-electron chi connectivity index (χ2n) is 31.7. The molecule has 0 aliphatic carbocycles. The molecule has 0 saturated heterocycles. The van der Waals surface area contributed by atoms with Gasteiger partial charge in [0.15, 0.2) is 0 Å². The van der Waals surface area contributed by atoms with Crippen molar-refractivity contribution in [1.82, 2.24) is 28.7 Å². The second kappa shape index (κ2) is 46.1. The number of unbranched alkanes of at least 4 members (excludes halogenated alkanes) is 26. The summed E-state index contributed by atoms with van der Waals surface area (Å²) >= 11 is 1.13. The van der Waals surface area contributed by atoms with Crippen molar-refractivity contribution in [3.63, 3.8) is 0 Å². The van der Waals surface area contributed by atoms with E-state index in [4.69, 9.17) is 37.7 Å². The number of anilines is 3. The number of nitrogens with zero attached hydrogens (tertiary/aromatic N) is 5. The molecule has 13 nitrogen and oxygen atoms in total. The number of benzene rings is 6. The van der Waals surface area contributed by atoms with Crippen LogP contribution in [0.1, 0.15) is 302 Å². The largest absolute Gasteiger partial charge is 0.493 e. The highest BCUT2D eigenvalue weighted by atomic mass is 32.1. The smallest absolute Gasteiger partial charge is 0.335 e. The fraction of sp³-hybridized carbons (Fsp3) is 0.427. The highest BCUT2D eigenvalue weighted by Gasteiger charge is 2.28. The number of carboxylic acids is 1. The summed E-state index contributed by atoms with van der Waals surface area (Å²) in [5, 5.41) is 9.82. The highest BCUT2D eigenvalue weighted by molar-refractivity contribution is 7.00. The molecule has 0 radical (unpaired) electrons. The zero-order valence-electron chi connectivity index (χ0n) is 70.7. The van der Waals surface area contributed by atoms with E-state index in [1.807, 2.05) is 24.3 Å². The first kappa shape index (κ1) is 86.1. The Morgan fingerprint density at radius 1 is 0.376 bits per heavy atom. The third-order valence-electron chi connectivity index (χ3n) is 22.7. The van der Waals surface area contributed by atoms with Gasteiger partial charge in [0.25, 0.3) is 0 Å². The van der Waals surface area contributed by atoms with E-state index in [9.17, 15) is 9.90 Å². The fourth-order valence-electron chi connectivity index (χ4n) is 16.0. The van der Waals surface area contributed by atoms with Gasteiger partial charge in [-0.05, 0) is 183 Å². The molecule has 4 aromatic heterocycles. The third kappa shape index (κ3) is 23.6. The van der Waals surface area contributed by atoms with Crippen molar-refractivity contribution in [2.24, 2.45) is 0 Å². The summed E-state index contributed by atoms with van der Waals surface area (Å²) in [6.07, 6.45) is 47.3. The zero-order valence-corrected chi connectivity index (χ0v) is 71.5. The van der Waals surface area contributed by atoms with Crippen molar-refractivity contribution >= 4 is 92.2 Å². The highest BCUT2D eigenvalue weighted by Crippen LogP contribution is 2.48. The molecule has 0 fully saturated rings. The normalized spacial score (nSPS) is 11.7. The van der Waals surface area contributed by atoms with E-state index >= 15 is 0 Å². The Balaban J connectivity index is 1.16. The number of fused-ring (bicyclic) bond motifs is 9. The number of aryl methyl sites for hydroxylation is 2. The van der Waals surface area contributed by atoms with E-state index in [-0.39, 0.29) is 5.56 Å². The van der Waals surface area contributed by atoms with E-state index in [0.717, 1.165) is 221 Å². The number of nitrogens with one attached hydrogen (secondary N) is 2. The molecule has 0 amide bonds. The number of aromatic carboxylic acids is 1. The molecule has 6 aromatic carbocycles. The van der Waals surface area contributed by atoms with E-state index in [1.54, 1.807) is 12.1 Å². The van der Waals surface area contributed by atoms with Gasteiger partial charge in [-0.15, -0.1) is 0 Å². The molecule has 0 spiro atoms. The maximum absolute atomic E-state index is 12.0. The molecule has 614 valence electrons. The van der Waals surface area contributed by atoms with Gasteiger partial charge >= 0.3 is 5.97 Å². The minimum Gasteiger partial charge on any atom is -0.493 e. The van der Waals surface area contributed by atoms with Crippen LogP contribution in [0.4, 0.5) is 17.1 Å². The minimum atomic E-state index is -0.983. The van der Waals surface area contributed by atoms with Gasteiger partial charge < -0.3 is 38.9 Å². The average molecular weight is 1590 g/mol. The number of H-pyrrole nitrogens is 2. The molecule has 117 heavy (non-hydrogen) atoms. The van der Waals surface area contributed by atoms with Gasteiger partial charge in [0.1, 0.15) is 34.0 Å². The van der Waals surface area contributed by atoms with E-state index in [0.29, 0.717) is 60.0 Å². The topological polar surface area (TPSA) is 161 Å². The van der Waals surface area contributed by atoms with Crippen LogP contribution in [0.2, 0.25) is 0 Å². The summed E-state index contributed by atoms with van der Waals surface area (Å²) in [6.45, 7) is 15.8. The zero-order chi connectivity index (χ0) is 81.2. The Hall–Kier alpha value is -10.2. The number of carbonyl (C=O) groups is 1. The number of aromatic nitrogens is 6. The SMILES string of the molecule is CCCCCCCCOc1cccc(OCCCCCCCC)c1-c1c2nc(c(N(c3ccc(CCCCCC)cc3)c3ccc(CCCCCC)cc3)c3ccc([nH]3)c(-c3c(OCCCCCCCC)cccc3OCCCCCCCC)c3nc(c(C#Cc4ccc(-c5ccc(C(=O)O)cc5)c5nsnc45)c4ccc1[nH]4)C=C3)C=C2. The van der Waals surface area contributed by atoms with Crippen LogP contribution in [0.15, 0.2) is 146 Å². The Bertz CT molecular complexity index is 4910. The van der Waals surface area contributed by atoms with Gasteiger partial charge in [-0.3, -0.25) is 0 Å². The molecule has 2 aliphatic rings. The standard InChI is InChI=1S/C103H125N7O6S/c1-7-13-19-25-29-35-71-113-92-43-39-44-93(114-72-36-30-26-20-14-8-2)98(92)96-86-65-63-84(104-86)83(62-56-78-55-61-82(101-100(78)108-117-109-101)77-51-53-79(54-52-77)103(111)112)85-64-66-87(105-85)97(99-94(115-73-37-31-27-21-15-9-3)45-40-46-95(99)116-74-38-32-28-22-16-10-4)89-68-70-91(107-89)102(90-69-67-88(96)106-90)110(80-57-47-75(48-58-80)41-33-23-17-11-5)81-59-49-76(50-60-81)42-34-24-18-12-6/h39-40,43-55,57-61,63-70,104,107H,7-38,41-42,71-74H2,1-6H3,(H,111,112). The predicted octanol–water partition coefficient (Wildman–Crippen LogP) is 29.4. The van der Waals surface area contributed by atoms with Crippen molar-refractivity contribution < 1.29 is 28.8 Å². The van der Waals surface area contributed by atoms with Crippen LogP contribution >= 0.6 is 11.7 Å². The molecule has 3 N–H and O–H groups in total. The number of carboxylic acid groups (broad SMARTS) is 1. The molecule has 0 saturated carbocycles. The van der Waals surface area contributed by atoms with Crippen molar-refractivity contribution in [3.05, 3.63) is 196 Å². The fourth-order valence-corrected chi connectivity index (χ4v) is 16.6. The second-order valence-corrected chi connectivity index (χ2v) is 32.3. The lowest BCUT2D eigenvalue weighted by Gasteiger charge is -2.27. The molecule has 2 aliphatic heterocycles. The van der Waals surface area contributed by atoms with Crippen LogP contribution in [-0.4, -0.2) is 66.2 Å². The Morgan fingerprint density at radius 3 is 1.21 bits per heavy atom. The first-order valence-electron chi connectivity index (χ1n) is 44.7. The summed E-state index contributed by atoms with van der Waals surface area (Å²) in [4.78, 5) is 34.5. The number of aromatic amines is 2. The lowest BCUT2D eigenvalue weighted by molar-refractivity contribution is 0.0696. The molecular formula is C103H125N7O6S. The van der Waals surface area contributed by atoms with Gasteiger partial charge in [-0.2, -0.15) is 8.75 Å². The van der Waals surface area contributed by atoms with Gasteiger partial charge in [0, 0.05) is 39.1 Å². The van der Waals surface area contributed by atoms with Crippen molar-refractivity contribution in [2.45, 2.75) is 260 Å². The van der Waals surface area contributed by atoms with Gasteiger partial charge in [0.2, 0.25) is 0 Å². The third-order valence-corrected chi connectivity index (χ3v) is 23.2. The molecule has 10 aromatic rings. The number of hydrogen-bond acceptors (Lipinski definition) is 11. The van der Waals surface area contributed by atoms with Crippen LogP contribution in [0.25, 0.3) is 90.8 Å². The monoisotopic (exact) mass is 1590 g/mol. The maximum Gasteiger partial charge on any atom is 0.335 e. The van der Waals surface area contributed by atoms with Crippen LogP contribution in [0.5, 0.6) is 23.0 Å². The number of ether oxygens (including phenoxy) is 4. The van der Waals surface area contributed by atoms with Crippen LogP contribution in [0.3, 0.4) is 0 Å². The first-order chi connectivity index (χ1) is 57.7. The number of rotatable bonds is 49. The summed E-state index contributed by atoms with van der Waals surface area (Å²) in [7, 11) is 0. The van der Waals surface area contributed by atoms with Crippen molar-refractivity contribution in [3.8, 4) is 68.2 Å². The molecular weight excluding hydrogens is 1460 g/mol. The quantitative estimate of drug-likeness (QED) is 0.0246. The van der Waals surface area contributed by atoms with Crippen LogP contribution in [-0.2, 0) is 12.8 Å². The Morgan fingerprint density at radius 2 is 0.761 bits per heavy atom. The van der Waals surface area contributed by atoms with Gasteiger partial charge in [0.05, 0.1) is 105 Å². The van der Waals surface area contributed by atoms with E-state index < -0.39 is 5.97 Å². The van der Waals surface area contributed by atoms with E-state index in [1.165, 1.54) is 127 Å². The van der Waals surface area contributed by atoms with E-state index in [2.05, 4.69) is 202 Å². The molecule has 14 heteroatoms. The van der Waals surface area contributed by atoms with Crippen LogP contribution in [0, 0.1) is 11.8 Å². The van der Waals surface area contributed by atoms with Gasteiger partial charge in [-0.1, -0.05) is 275 Å². The maximum atomic E-state index is 12.0. The van der Waals surface area contributed by atoms with Crippen LogP contribution < -0.4 is 23.8 Å². The predicted molar refractivity (Wildman–Crippen MR) is 491 cm³/mol. The summed E-state index contributed by atoms with van der Waals surface area (Å²) in [5.41, 5.74) is 19.3. The molecule has 8 bridgehead atoms. The lowest BCUT2D eigenvalue weighted by atomic mass is 10.00. The Labute approximate surface area is 701 Å². The molecule has 12 rings (SSSR count). The number of hydrogen-bond donors (Lipinski definition) is 3. The average Bonchev–Trinajstić information content (AvgIpc) is 1.62. The first-order valence-corrected chi connectivity index (χ1v) is 45.5. The minimum absolute atomic E-state index is 0.209. The van der Waals surface area contributed by atoms with Gasteiger partial charge in [-0.25, -0.2) is 14.8 Å². The lowest BCUT2D eigenvalue weighted by Crippen LogP contribution is -2.12. The summed E-state index contributed by atoms with van der Waals surface area (Å²) < 4.78 is 38.3. The molecule has 0 atom stereocenters. The molecule has 0 unspecified atom stereocenters. The summed E-state index contributed by atoms with van der Waals surface area (Å²) in [6, 6.07) is 50.7. The molecule has 6 heterocycles.